The smallest absolute Gasteiger partial charge is 0.241 e. The first-order valence-electron chi connectivity index (χ1n) is 6.18. The molecule has 1 heterocycles. The number of carbonyl (C=O) groups is 1. The number of benzene rings is 1. The Morgan fingerprint density at radius 1 is 1.42 bits per heavy atom. The normalized spacial score (nSPS) is 12.2. The van der Waals surface area contributed by atoms with Gasteiger partial charge in [-0.1, -0.05) is 24.3 Å². The molecule has 3 N–H and O–H groups in total. The van der Waals surface area contributed by atoms with Gasteiger partial charge in [0.25, 0.3) is 0 Å². The SMILES string of the molecule is Cc1cnn(Cc2ccc(C(C)C(=O)NN)cc2)c1. The predicted octanol–water partition coefficient (Wildman–Crippen LogP) is 1.33. The summed E-state index contributed by atoms with van der Waals surface area (Å²) in [7, 11) is 0. The highest BCUT2D eigenvalue weighted by Gasteiger charge is 2.13. The molecule has 2 aromatic rings. The number of nitrogens with one attached hydrogen (secondary N) is 1. The monoisotopic (exact) mass is 258 g/mol. The summed E-state index contributed by atoms with van der Waals surface area (Å²) in [6.07, 6.45) is 3.83. The minimum absolute atomic E-state index is 0.185. The van der Waals surface area contributed by atoms with Gasteiger partial charge in [-0.2, -0.15) is 5.10 Å². The lowest BCUT2D eigenvalue weighted by atomic mass is 9.99. The minimum atomic E-state index is -0.244. The third-order valence-electron chi connectivity index (χ3n) is 3.12. The summed E-state index contributed by atoms with van der Waals surface area (Å²) in [5, 5.41) is 4.25. The van der Waals surface area contributed by atoms with Crippen LogP contribution in [-0.4, -0.2) is 15.7 Å². The standard InChI is InChI=1S/C14H18N4O/c1-10-7-16-18(8-10)9-12-3-5-13(6-4-12)11(2)14(19)17-15/h3-8,11H,9,15H2,1-2H3,(H,17,19). The van der Waals surface area contributed by atoms with Gasteiger partial charge in [-0.25, -0.2) is 5.84 Å². The van der Waals surface area contributed by atoms with Crippen LogP contribution in [0.4, 0.5) is 0 Å². The molecule has 1 amide bonds. The number of rotatable bonds is 4. The second-order valence-corrected chi connectivity index (χ2v) is 4.69. The van der Waals surface area contributed by atoms with E-state index in [4.69, 9.17) is 5.84 Å². The molecular weight excluding hydrogens is 240 g/mol. The Kier molecular flexibility index (Phi) is 3.97. The Bertz CT molecular complexity index is 559. The van der Waals surface area contributed by atoms with Gasteiger partial charge in [-0.15, -0.1) is 0 Å². The lowest BCUT2D eigenvalue weighted by Gasteiger charge is -2.10. The number of hydrogen-bond acceptors (Lipinski definition) is 3. The molecule has 5 heteroatoms. The number of nitrogens with two attached hydrogens (primary N) is 1. The van der Waals surface area contributed by atoms with Gasteiger partial charge in [0.1, 0.15) is 0 Å². The molecule has 100 valence electrons. The van der Waals surface area contributed by atoms with Crippen LogP contribution in [0.5, 0.6) is 0 Å². The molecule has 19 heavy (non-hydrogen) atoms. The highest BCUT2D eigenvalue weighted by atomic mass is 16.2. The number of aryl methyl sites for hydroxylation is 1. The van der Waals surface area contributed by atoms with Crippen molar-refractivity contribution in [2.75, 3.05) is 0 Å². The average Bonchev–Trinajstić information content (AvgIpc) is 2.83. The molecule has 1 unspecified atom stereocenters. The van der Waals surface area contributed by atoms with Crippen molar-refractivity contribution >= 4 is 5.91 Å². The Morgan fingerprint density at radius 3 is 2.63 bits per heavy atom. The average molecular weight is 258 g/mol. The topological polar surface area (TPSA) is 72.9 Å². The van der Waals surface area contributed by atoms with Crippen LogP contribution >= 0.6 is 0 Å². The second kappa shape index (κ2) is 5.67. The number of nitrogens with zero attached hydrogens (tertiary/aromatic N) is 2. The van der Waals surface area contributed by atoms with E-state index in [9.17, 15) is 4.79 Å². The van der Waals surface area contributed by atoms with Crippen molar-refractivity contribution in [3.63, 3.8) is 0 Å². The summed E-state index contributed by atoms with van der Waals surface area (Å²) < 4.78 is 1.89. The molecule has 0 aliphatic carbocycles. The fourth-order valence-corrected chi connectivity index (χ4v) is 1.93. The first kappa shape index (κ1) is 13.3. The Balaban J connectivity index is 2.08. The quantitative estimate of drug-likeness (QED) is 0.493. The van der Waals surface area contributed by atoms with E-state index in [1.54, 1.807) is 0 Å². The zero-order valence-electron chi connectivity index (χ0n) is 11.1. The maximum atomic E-state index is 11.4. The van der Waals surface area contributed by atoms with E-state index in [1.165, 1.54) is 0 Å². The van der Waals surface area contributed by atoms with Crippen molar-refractivity contribution in [2.24, 2.45) is 5.84 Å². The zero-order chi connectivity index (χ0) is 13.8. The van der Waals surface area contributed by atoms with Crippen LogP contribution in [0.15, 0.2) is 36.7 Å². The van der Waals surface area contributed by atoms with Gasteiger partial charge >= 0.3 is 0 Å². The van der Waals surface area contributed by atoms with Crippen LogP contribution in [0.25, 0.3) is 0 Å². The fourth-order valence-electron chi connectivity index (χ4n) is 1.93. The van der Waals surface area contributed by atoms with E-state index in [2.05, 4.69) is 10.5 Å². The molecule has 0 spiro atoms. The van der Waals surface area contributed by atoms with Gasteiger partial charge in [-0.3, -0.25) is 14.9 Å². The molecule has 0 fully saturated rings. The van der Waals surface area contributed by atoms with E-state index < -0.39 is 0 Å². The molecule has 0 saturated heterocycles. The number of aromatic nitrogens is 2. The van der Waals surface area contributed by atoms with Gasteiger partial charge < -0.3 is 0 Å². The van der Waals surface area contributed by atoms with Gasteiger partial charge in [0.15, 0.2) is 0 Å². The van der Waals surface area contributed by atoms with Gasteiger partial charge in [0.2, 0.25) is 5.91 Å². The van der Waals surface area contributed by atoms with E-state index >= 15 is 0 Å². The highest BCUT2D eigenvalue weighted by Crippen LogP contribution is 2.16. The number of hydrazine groups is 1. The van der Waals surface area contributed by atoms with E-state index in [0.29, 0.717) is 0 Å². The largest absolute Gasteiger partial charge is 0.294 e. The zero-order valence-corrected chi connectivity index (χ0v) is 11.1. The molecule has 0 saturated carbocycles. The van der Waals surface area contributed by atoms with Gasteiger partial charge in [-0.05, 0) is 30.5 Å². The van der Waals surface area contributed by atoms with Crippen molar-refractivity contribution in [2.45, 2.75) is 26.3 Å². The molecule has 1 atom stereocenters. The molecular formula is C14H18N4O. The van der Waals surface area contributed by atoms with Crippen LogP contribution in [0, 0.1) is 6.92 Å². The van der Waals surface area contributed by atoms with Crippen molar-refractivity contribution in [3.05, 3.63) is 53.3 Å². The summed E-state index contributed by atoms with van der Waals surface area (Å²) >= 11 is 0. The van der Waals surface area contributed by atoms with Crippen LogP contribution in [0.2, 0.25) is 0 Å². The van der Waals surface area contributed by atoms with Crippen LogP contribution in [0.3, 0.4) is 0 Å². The maximum absolute atomic E-state index is 11.4. The molecule has 5 nitrogen and oxygen atoms in total. The molecule has 0 bridgehead atoms. The van der Waals surface area contributed by atoms with Crippen molar-refractivity contribution in [1.29, 1.82) is 0 Å². The summed E-state index contributed by atoms with van der Waals surface area (Å²) in [6, 6.07) is 7.91. The number of hydrogen-bond donors (Lipinski definition) is 2. The Labute approximate surface area is 112 Å². The molecule has 1 aromatic carbocycles. The molecule has 0 aliphatic rings. The van der Waals surface area contributed by atoms with Crippen molar-refractivity contribution < 1.29 is 4.79 Å². The third kappa shape index (κ3) is 3.20. The number of carbonyl (C=O) groups excluding carboxylic acids is 1. The summed E-state index contributed by atoms with van der Waals surface area (Å²) in [4.78, 5) is 11.4. The van der Waals surface area contributed by atoms with E-state index in [1.807, 2.05) is 55.2 Å². The van der Waals surface area contributed by atoms with Crippen molar-refractivity contribution in [3.8, 4) is 0 Å². The van der Waals surface area contributed by atoms with Crippen LogP contribution in [-0.2, 0) is 11.3 Å². The molecule has 0 aliphatic heterocycles. The fraction of sp³-hybridized carbons (Fsp3) is 0.286. The van der Waals surface area contributed by atoms with E-state index in [-0.39, 0.29) is 11.8 Å². The summed E-state index contributed by atoms with van der Waals surface area (Å²) in [6.45, 7) is 4.57. The first-order chi connectivity index (χ1) is 9.10. The first-order valence-corrected chi connectivity index (χ1v) is 6.18. The minimum Gasteiger partial charge on any atom is -0.294 e. The Morgan fingerprint density at radius 2 is 2.11 bits per heavy atom. The van der Waals surface area contributed by atoms with Crippen LogP contribution < -0.4 is 11.3 Å². The summed E-state index contributed by atoms with van der Waals surface area (Å²) in [5.41, 5.74) is 5.40. The van der Waals surface area contributed by atoms with Crippen molar-refractivity contribution in [1.82, 2.24) is 15.2 Å². The Hall–Kier alpha value is -2.14. The van der Waals surface area contributed by atoms with Crippen LogP contribution in [0.1, 0.15) is 29.5 Å². The van der Waals surface area contributed by atoms with E-state index in [0.717, 1.165) is 23.2 Å². The lowest BCUT2D eigenvalue weighted by molar-refractivity contribution is -0.122. The molecule has 1 aromatic heterocycles. The van der Waals surface area contributed by atoms with Gasteiger partial charge in [0, 0.05) is 6.20 Å². The molecule has 2 rings (SSSR count). The highest BCUT2D eigenvalue weighted by molar-refractivity contribution is 5.82. The lowest BCUT2D eigenvalue weighted by Crippen LogP contribution is -2.33. The third-order valence-corrected chi connectivity index (χ3v) is 3.12. The molecule has 0 radical (unpaired) electrons. The van der Waals surface area contributed by atoms with Gasteiger partial charge in [0.05, 0.1) is 18.7 Å². The predicted molar refractivity (Wildman–Crippen MR) is 73.3 cm³/mol. The second-order valence-electron chi connectivity index (χ2n) is 4.69. The maximum Gasteiger partial charge on any atom is 0.241 e. The number of amides is 1. The summed E-state index contributed by atoms with van der Waals surface area (Å²) in [5.74, 6) is 4.70.